The minimum Gasteiger partial charge on any atom is -0.399 e. The van der Waals surface area contributed by atoms with Gasteiger partial charge in [-0.25, -0.2) is 0 Å². The van der Waals surface area contributed by atoms with Crippen molar-refractivity contribution >= 4 is 28.9 Å². The van der Waals surface area contributed by atoms with E-state index in [2.05, 4.69) is 10.5 Å². The number of aromatic nitrogens is 1. The largest absolute Gasteiger partial charge is 0.399 e. The number of nitrogens with one attached hydrogen (secondary N) is 1. The number of carbonyl (C=O) groups is 1. The van der Waals surface area contributed by atoms with Crippen molar-refractivity contribution in [2.24, 2.45) is 0 Å². The Morgan fingerprint density at radius 1 is 1.45 bits per heavy atom. The average Bonchev–Trinajstić information content (AvgIpc) is 2.71. The number of nitrogens with two attached hydrogens (primary N) is 1. The van der Waals surface area contributed by atoms with Crippen molar-refractivity contribution in [1.82, 2.24) is 5.16 Å². The van der Waals surface area contributed by atoms with Crippen molar-refractivity contribution in [2.75, 3.05) is 11.1 Å². The molecule has 1 aromatic heterocycles. The topological polar surface area (TPSA) is 81.1 Å². The lowest BCUT2D eigenvalue weighted by Gasteiger charge is -2.09. The van der Waals surface area contributed by atoms with E-state index in [1.54, 1.807) is 19.1 Å². The van der Waals surface area contributed by atoms with Gasteiger partial charge < -0.3 is 15.6 Å². The zero-order chi connectivity index (χ0) is 14.7. The van der Waals surface area contributed by atoms with Crippen molar-refractivity contribution in [3.8, 4) is 0 Å². The SMILES string of the molecule is Cc1ccc(N)cc1NC(=O)CCc1c(C)noc1Cl. The summed E-state index contributed by atoms with van der Waals surface area (Å²) in [5.41, 5.74) is 9.49. The molecule has 2 rings (SSSR count). The molecule has 1 amide bonds. The van der Waals surface area contributed by atoms with Gasteiger partial charge in [-0.05, 0) is 49.6 Å². The van der Waals surface area contributed by atoms with Gasteiger partial charge in [-0.1, -0.05) is 11.2 Å². The third kappa shape index (κ3) is 3.30. The maximum Gasteiger partial charge on any atom is 0.229 e. The third-order valence-electron chi connectivity index (χ3n) is 3.07. The van der Waals surface area contributed by atoms with E-state index < -0.39 is 0 Å². The van der Waals surface area contributed by atoms with Crippen LogP contribution in [-0.4, -0.2) is 11.1 Å². The summed E-state index contributed by atoms with van der Waals surface area (Å²) in [6.07, 6.45) is 0.789. The molecule has 0 bridgehead atoms. The fraction of sp³-hybridized carbons (Fsp3) is 0.286. The van der Waals surface area contributed by atoms with Crippen LogP contribution in [0.2, 0.25) is 5.22 Å². The molecule has 3 N–H and O–H groups in total. The van der Waals surface area contributed by atoms with Crippen LogP contribution in [0.1, 0.15) is 23.2 Å². The third-order valence-corrected chi connectivity index (χ3v) is 3.37. The number of nitrogen functional groups attached to an aromatic ring is 1. The Morgan fingerprint density at radius 2 is 2.20 bits per heavy atom. The molecule has 0 fully saturated rings. The normalized spacial score (nSPS) is 10.6. The second-order valence-electron chi connectivity index (χ2n) is 4.64. The van der Waals surface area contributed by atoms with Crippen molar-refractivity contribution < 1.29 is 9.32 Å². The smallest absolute Gasteiger partial charge is 0.229 e. The number of amides is 1. The van der Waals surface area contributed by atoms with Gasteiger partial charge in [-0.15, -0.1) is 0 Å². The summed E-state index contributed by atoms with van der Waals surface area (Å²) < 4.78 is 4.85. The van der Waals surface area contributed by atoms with Crippen LogP contribution >= 0.6 is 11.6 Å². The van der Waals surface area contributed by atoms with Crippen molar-refractivity contribution in [3.63, 3.8) is 0 Å². The predicted molar refractivity (Wildman–Crippen MR) is 78.8 cm³/mol. The van der Waals surface area contributed by atoms with E-state index >= 15 is 0 Å². The van der Waals surface area contributed by atoms with Gasteiger partial charge in [0.05, 0.1) is 5.69 Å². The van der Waals surface area contributed by atoms with Crippen LogP contribution in [0.15, 0.2) is 22.7 Å². The summed E-state index contributed by atoms with van der Waals surface area (Å²) in [6, 6.07) is 5.40. The Kier molecular flexibility index (Phi) is 4.29. The maximum atomic E-state index is 11.9. The highest BCUT2D eigenvalue weighted by atomic mass is 35.5. The number of carbonyl (C=O) groups excluding carboxylic acids is 1. The molecule has 0 unspecified atom stereocenters. The lowest BCUT2D eigenvalue weighted by molar-refractivity contribution is -0.116. The Balaban J connectivity index is 1.98. The number of rotatable bonds is 4. The summed E-state index contributed by atoms with van der Waals surface area (Å²) >= 11 is 5.86. The summed E-state index contributed by atoms with van der Waals surface area (Å²) in [5, 5.41) is 6.83. The molecule has 0 saturated carbocycles. The van der Waals surface area contributed by atoms with Gasteiger partial charge in [-0.3, -0.25) is 4.79 Å². The molecule has 20 heavy (non-hydrogen) atoms. The first-order valence-corrected chi connectivity index (χ1v) is 6.62. The van der Waals surface area contributed by atoms with E-state index in [4.69, 9.17) is 21.9 Å². The van der Waals surface area contributed by atoms with E-state index in [-0.39, 0.29) is 11.1 Å². The molecule has 5 nitrogen and oxygen atoms in total. The molecule has 2 aromatic rings. The molecule has 0 aliphatic rings. The number of nitrogens with zero attached hydrogens (tertiary/aromatic N) is 1. The monoisotopic (exact) mass is 293 g/mol. The van der Waals surface area contributed by atoms with Crippen LogP contribution in [-0.2, 0) is 11.2 Å². The highest BCUT2D eigenvalue weighted by Gasteiger charge is 2.13. The molecule has 1 aromatic carbocycles. The lowest BCUT2D eigenvalue weighted by Crippen LogP contribution is -2.13. The molecule has 0 radical (unpaired) electrons. The van der Waals surface area contributed by atoms with Crippen LogP contribution in [0.25, 0.3) is 0 Å². The van der Waals surface area contributed by atoms with E-state index in [9.17, 15) is 4.79 Å². The first-order valence-electron chi connectivity index (χ1n) is 6.24. The predicted octanol–water partition coefficient (Wildman–Crippen LogP) is 3.10. The highest BCUT2D eigenvalue weighted by Crippen LogP contribution is 2.22. The maximum absolute atomic E-state index is 11.9. The van der Waals surface area contributed by atoms with Gasteiger partial charge in [0, 0.05) is 23.4 Å². The molecule has 106 valence electrons. The Morgan fingerprint density at radius 3 is 2.85 bits per heavy atom. The zero-order valence-corrected chi connectivity index (χ0v) is 12.1. The second kappa shape index (κ2) is 5.96. The molecule has 0 aliphatic heterocycles. The first-order chi connectivity index (χ1) is 9.47. The van der Waals surface area contributed by atoms with Crippen LogP contribution in [0.5, 0.6) is 0 Å². The average molecular weight is 294 g/mol. The number of aryl methyl sites for hydroxylation is 2. The van der Waals surface area contributed by atoms with Crippen LogP contribution in [0.3, 0.4) is 0 Å². The number of anilines is 2. The molecular weight excluding hydrogens is 278 g/mol. The molecule has 0 saturated heterocycles. The van der Waals surface area contributed by atoms with Crippen LogP contribution in [0.4, 0.5) is 11.4 Å². The van der Waals surface area contributed by atoms with Crippen molar-refractivity contribution in [1.29, 1.82) is 0 Å². The van der Waals surface area contributed by atoms with Crippen LogP contribution in [0, 0.1) is 13.8 Å². The summed E-state index contributed by atoms with van der Waals surface area (Å²) in [4.78, 5) is 11.9. The molecule has 0 atom stereocenters. The molecule has 0 aliphatic carbocycles. The first kappa shape index (κ1) is 14.4. The fourth-order valence-corrected chi connectivity index (χ4v) is 2.13. The summed E-state index contributed by atoms with van der Waals surface area (Å²) in [5.74, 6) is -0.102. The molecule has 6 heteroatoms. The molecular formula is C14H16ClN3O2. The Hall–Kier alpha value is -2.01. The summed E-state index contributed by atoms with van der Waals surface area (Å²) in [7, 11) is 0. The standard InChI is InChI=1S/C14H16ClN3O2/c1-8-3-4-10(16)7-12(8)17-13(19)6-5-11-9(2)18-20-14(11)15/h3-4,7H,5-6,16H2,1-2H3,(H,17,19). The van der Waals surface area contributed by atoms with Gasteiger partial charge in [0.25, 0.3) is 0 Å². The van der Waals surface area contributed by atoms with Gasteiger partial charge in [-0.2, -0.15) is 0 Å². The van der Waals surface area contributed by atoms with Crippen molar-refractivity contribution in [2.45, 2.75) is 26.7 Å². The van der Waals surface area contributed by atoms with Crippen LogP contribution < -0.4 is 11.1 Å². The minimum atomic E-state index is -0.102. The van der Waals surface area contributed by atoms with Gasteiger partial charge in [0.2, 0.25) is 11.1 Å². The summed E-state index contributed by atoms with van der Waals surface area (Å²) in [6.45, 7) is 3.71. The second-order valence-corrected chi connectivity index (χ2v) is 4.99. The van der Waals surface area contributed by atoms with Gasteiger partial charge >= 0.3 is 0 Å². The quantitative estimate of drug-likeness (QED) is 0.849. The molecule has 1 heterocycles. The Labute approximate surface area is 122 Å². The Bertz CT molecular complexity index is 618. The number of hydrogen-bond acceptors (Lipinski definition) is 4. The fourth-order valence-electron chi connectivity index (χ4n) is 1.87. The van der Waals surface area contributed by atoms with Gasteiger partial charge in [0.15, 0.2) is 0 Å². The van der Waals surface area contributed by atoms with E-state index in [0.29, 0.717) is 24.2 Å². The zero-order valence-electron chi connectivity index (χ0n) is 11.4. The number of halogens is 1. The molecule has 0 spiro atoms. The van der Waals surface area contributed by atoms with E-state index in [1.807, 2.05) is 13.0 Å². The van der Waals surface area contributed by atoms with Crippen molar-refractivity contribution in [3.05, 3.63) is 40.2 Å². The van der Waals surface area contributed by atoms with E-state index in [0.717, 1.165) is 16.8 Å². The van der Waals surface area contributed by atoms with E-state index in [1.165, 1.54) is 0 Å². The highest BCUT2D eigenvalue weighted by molar-refractivity contribution is 6.29. The minimum absolute atomic E-state index is 0.102. The lowest BCUT2D eigenvalue weighted by atomic mass is 10.1. The number of benzene rings is 1. The van der Waals surface area contributed by atoms with Gasteiger partial charge in [0.1, 0.15) is 0 Å². The number of hydrogen-bond donors (Lipinski definition) is 2.